The summed E-state index contributed by atoms with van der Waals surface area (Å²) in [5, 5.41) is 22.4. The molecule has 0 saturated carbocycles. The summed E-state index contributed by atoms with van der Waals surface area (Å²) in [6.45, 7) is 2.76. The molecule has 0 saturated heterocycles. The summed E-state index contributed by atoms with van der Waals surface area (Å²) in [6, 6.07) is 1.86. The van der Waals surface area contributed by atoms with E-state index in [4.69, 9.17) is 5.11 Å². The van der Waals surface area contributed by atoms with Gasteiger partial charge in [-0.3, -0.25) is 4.79 Å². The number of aliphatic carboxylic acids is 1. The zero-order valence-electron chi connectivity index (χ0n) is 9.69. The second kappa shape index (κ2) is 5.29. The van der Waals surface area contributed by atoms with Gasteiger partial charge in [0.15, 0.2) is 5.60 Å². The lowest BCUT2D eigenvalue weighted by Crippen LogP contribution is -2.46. The number of carbonyl (C=O) groups is 2. The maximum Gasteiger partial charge on any atom is 0.337 e. The minimum atomic E-state index is -1.95. The highest BCUT2D eigenvalue weighted by Crippen LogP contribution is 2.17. The van der Waals surface area contributed by atoms with Crippen molar-refractivity contribution >= 4 is 23.2 Å². The maximum absolute atomic E-state index is 11.8. The SMILES string of the molecule is CCc1ccsc1C(=O)NCC(C)(O)C(=O)O. The van der Waals surface area contributed by atoms with Gasteiger partial charge in [-0.15, -0.1) is 11.3 Å². The van der Waals surface area contributed by atoms with Crippen LogP contribution in [0.5, 0.6) is 0 Å². The molecular formula is C11H15NO4S. The highest BCUT2D eigenvalue weighted by atomic mass is 32.1. The van der Waals surface area contributed by atoms with Gasteiger partial charge in [-0.05, 0) is 30.4 Å². The van der Waals surface area contributed by atoms with Gasteiger partial charge in [0.2, 0.25) is 0 Å². The van der Waals surface area contributed by atoms with E-state index in [1.54, 1.807) is 0 Å². The first-order valence-corrected chi connectivity index (χ1v) is 6.06. The first kappa shape index (κ1) is 13.7. The molecule has 0 aliphatic heterocycles. The van der Waals surface area contributed by atoms with Crippen LogP contribution < -0.4 is 5.32 Å². The Morgan fingerprint density at radius 1 is 1.53 bits per heavy atom. The van der Waals surface area contributed by atoms with E-state index in [2.05, 4.69) is 5.32 Å². The topological polar surface area (TPSA) is 86.6 Å². The average Bonchev–Trinajstić information content (AvgIpc) is 2.73. The van der Waals surface area contributed by atoms with Crippen molar-refractivity contribution < 1.29 is 19.8 Å². The molecule has 3 N–H and O–H groups in total. The molecule has 0 aromatic carbocycles. The number of nitrogens with one attached hydrogen (secondary N) is 1. The molecule has 1 atom stereocenters. The fraction of sp³-hybridized carbons (Fsp3) is 0.455. The van der Waals surface area contributed by atoms with Gasteiger partial charge in [0, 0.05) is 0 Å². The van der Waals surface area contributed by atoms with Crippen LogP contribution in [-0.4, -0.2) is 34.2 Å². The van der Waals surface area contributed by atoms with Crippen LogP contribution >= 0.6 is 11.3 Å². The second-order valence-electron chi connectivity index (χ2n) is 3.89. The molecule has 0 aliphatic carbocycles. The Bertz CT molecular complexity index is 425. The van der Waals surface area contributed by atoms with E-state index in [1.807, 2.05) is 18.4 Å². The number of rotatable bonds is 5. The van der Waals surface area contributed by atoms with Gasteiger partial charge in [-0.25, -0.2) is 4.79 Å². The van der Waals surface area contributed by atoms with Crippen LogP contribution in [0.25, 0.3) is 0 Å². The van der Waals surface area contributed by atoms with Gasteiger partial charge in [0.05, 0.1) is 11.4 Å². The summed E-state index contributed by atoms with van der Waals surface area (Å²) in [5.74, 6) is -1.71. The first-order valence-electron chi connectivity index (χ1n) is 5.19. The Labute approximate surface area is 103 Å². The Morgan fingerprint density at radius 3 is 2.71 bits per heavy atom. The molecule has 94 valence electrons. The Hall–Kier alpha value is -1.40. The number of thiophene rings is 1. The Kier molecular flexibility index (Phi) is 4.25. The molecule has 1 unspecified atom stereocenters. The zero-order chi connectivity index (χ0) is 13.1. The molecule has 0 aliphatic rings. The van der Waals surface area contributed by atoms with Crippen LogP contribution in [0.2, 0.25) is 0 Å². The third-order valence-electron chi connectivity index (χ3n) is 2.39. The predicted octanol–water partition coefficient (Wildman–Crippen LogP) is 0.876. The van der Waals surface area contributed by atoms with Crippen LogP contribution in [-0.2, 0) is 11.2 Å². The predicted molar refractivity (Wildman–Crippen MR) is 64.3 cm³/mol. The van der Waals surface area contributed by atoms with Crippen molar-refractivity contribution in [3.8, 4) is 0 Å². The number of hydrogen-bond donors (Lipinski definition) is 3. The van der Waals surface area contributed by atoms with Crippen LogP contribution in [0.4, 0.5) is 0 Å². The molecule has 1 heterocycles. The summed E-state index contributed by atoms with van der Waals surface area (Å²) < 4.78 is 0. The van der Waals surface area contributed by atoms with E-state index >= 15 is 0 Å². The lowest BCUT2D eigenvalue weighted by Gasteiger charge is -2.18. The van der Waals surface area contributed by atoms with Crippen LogP contribution in [0.15, 0.2) is 11.4 Å². The van der Waals surface area contributed by atoms with Crippen molar-refractivity contribution in [2.45, 2.75) is 25.9 Å². The molecule has 5 nitrogen and oxygen atoms in total. The summed E-state index contributed by atoms with van der Waals surface area (Å²) in [7, 11) is 0. The monoisotopic (exact) mass is 257 g/mol. The number of amides is 1. The van der Waals surface area contributed by atoms with Gasteiger partial charge < -0.3 is 15.5 Å². The van der Waals surface area contributed by atoms with Crippen molar-refractivity contribution in [2.75, 3.05) is 6.54 Å². The molecular weight excluding hydrogens is 242 g/mol. The van der Waals surface area contributed by atoms with E-state index in [9.17, 15) is 14.7 Å². The van der Waals surface area contributed by atoms with Crippen LogP contribution in [0.1, 0.15) is 29.1 Å². The fourth-order valence-corrected chi connectivity index (χ4v) is 2.13. The van der Waals surface area contributed by atoms with E-state index in [1.165, 1.54) is 11.3 Å². The van der Waals surface area contributed by atoms with E-state index < -0.39 is 11.6 Å². The van der Waals surface area contributed by atoms with Crippen molar-refractivity contribution in [2.24, 2.45) is 0 Å². The average molecular weight is 257 g/mol. The van der Waals surface area contributed by atoms with Gasteiger partial charge in [0.1, 0.15) is 0 Å². The summed E-state index contributed by atoms with van der Waals surface area (Å²) in [5.41, 5.74) is -1.03. The maximum atomic E-state index is 11.8. The molecule has 1 aromatic heterocycles. The fourth-order valence-electron chi connectivity index (χ4n) is 1.22. The summed E-state index contributed by atoms with van der Waals surface area (Å²) in [6.07, 6.45) is 0.738. The number of aryl methyl sites for hydroxylation is 1. The third kappa shape index (κ3) is 3.28. The molecule has 17 heavy (non-hydrogen) atoms. The number of carboxylic acid groups (broad SMARTS) is 1. The highest BCUT2D eigenvalue weighted by molar-refractivity contribution is 7.12. The summed E-state index contributed by atoms with van der Waals surface area (Å²) >= 11 is 1.30. The van der Waals surface area contributed by atoms with Crippen molar-refractivity contribution in [1.29, 1.82) is 0 Å². The van der Waals surface area contributed by atoms with Crippen molar-refractivity contribution in [3.63, 3.8) is 0 Å². The van der Waals surface area contributed by atoms with Crippen molar-refractivity contribution in [1.82, 2.24) is 5.32 Å². The number of hydrogen-bond acceptors (Lipinski definition) is 4. The number of carbonyl (C=O) groups excluding carboxylic acids is 1. The lowest BCUT2D eigenvalue weighted by molar-refractivity contribution is -0.155. The molecule has 6 heteroatoms. The third-order valence-corrected chi connectivity index (χ3v) is 3.34. The molecule has 1 rings (SSSR count). The summed E-state index contributed by atoms with van der Waals surface area (Å²) in [4.78, 5) is 23.0. The first-order chi connectivity index (χ1) is 7.88. The van der Waals surface area contributed by atoms with Crippen LogP contribution in [0, 0.1) is 0 Å². The van der Waals surface area contributed by atoms with Crippen molar-refractivity contribution in [3.05, 3.63) is 21.9 Å². The molecule has 0 radical (unpaired) electrons. The van der Waals surface area contributed by atoms with Gasteiger partial charge in [-0.1, -0.05) is 6.92 Å². The normalized spacial score (nSPS) is 14.1. The Balaban J connectivity index is 2.65. The molecule has 0 fully saturated rings. The second-order valence-corrected chi connectivity index (χ2v) is 4.81. The highest BCUT2D eigenvalue weighted by Gasteiger charge is 2.30. The van der Waals surface area contributed by atoms with E-state index in [0.717, 1.165) is 18.9 Å². The quantitative estimate of drug-likeness (QED) is 0.730. The molecule has 0 bridgehead atoms. The largest absolute Gasteiger partial charge is 0.479 e. The minimum absolute atomic E-state index is 0.317. The van der Waals surface area contributed by atoms with Gasteiger partial charge in [0.25, 0.3) is 5.91 Å². The van der Waals surface area contributed by atoms with Crippen LogP contribution in [0.3, 0.4) is 0 Å². The Morgan fingerprint density at radius 2 is 2.18 bits per heavy atom. The number of aliphatic hydroxyl groups is 1. The molecule has 1 amide bonds. The van der Waals surface area contributed by atoms with Gasteiger partial charge in [-0.2, -0.15) is 0 Å². The standard InChI is InChI=1S/C11H15NO4S/c1-3-7-4-5-17-8(7)9(13)12-6-11(2,16)10(14)15/h4-5,16H,3,6H2,1-2H3,(H,12,13)(H,14,15). The number of carboxylic acids is 1. The molecule has 0 spiro atoms. The molecule has 1 aromatic rings. The smallest absolute Gasteiger partial charge is 0.337 e. The van der Waals surface area contributed by atoms with E-state index in [-0.39, 0.29) is 12.5 Å². The zero-order valence-corrected chi connectivity index (χ0v) is 10.5. The van der Waals surface area contributed by atoms with E-state index in [0.29, 0.717) is 4.88 Å². The lowest BCUT2D eigenvalue weighted by atomic mass is 10.1. The van der Waals surface area contributed by atoms with Gasteiger partial charge >= 0.3 is 5.97 Å². The minimum Gasteiger partial charge on any atom is -0.479 e.